The molecule has 16 heteroatoms. The summed E-state index contributed by atoms with van der Waals surface area (Å²) in [6.07, 6.45) is 1.65. The van der Waals surface area contributed by atoms with Crippen molar-refractivity contribution in [1.82, 2.24) is 21.3 Å². The number of carbonyl (C=O) groups excluding carboxylic acids is 5. The normalized spacial score (nSPS) is 14.8. The molecule has 1 saturated heterocycles. The zero-order valence-electron chi connectivity index (χ0n) is 32.5. The first-order valence-corrected chi connectivity index (χ1v) is 19.4. The van der Waals surface area contributed by atoms with Gasteiger partial charge in [-0.15, -0.1) is 0 Å². The van der Waals surface area contributed by atoms with Crippen LogP contribution in [0.3, 0.4) is 0 Å². The van der Waals surface area contributed by atoms with E-state index >= 15 is 0 Å². The van der Waals surface area contributed by atoms with E-state index in [1.165, 1.54) is 29.2 Å². The van der Waals surface area contributed by atoms with E-state index in [1.54, 1.807) is 54.6 Å². The molecule has 4 atom stereocenters. The number of rotatable bonds is 21. The topological polar surface area (TPSA) is 236 Å². The first-order chi connectivity index (χ1) is 28.5. The van der Waals surface area contributed by atoms with E-state index in [0.717, 1.165) is 5.56 Å². The molecule has 10 N–H and O–H groups in total. The van der Waals surface area contributed by atoms with Crippen molar-refractivity contribution in [2.24, 2.45) is 22.2 Å². The lowest BCUT2D eigenvalue weighted by molar-refractivity contribution is -0.135. The highest BCUT2D eigenvalue weighted by molar-refractivity contribution is 6.06. The molecular weight excluding hydrogens is 758 g/mol. The molecule has 1 heterocycles. The molecule has 0 aliphatic carbocycles. The fraction of sp³-hybridized carbons (Fsp3) is 0.302. The molecule has 1 aliphatic heterocycles. The third-order valence-electron chi connectivity index (χ3n) is 9.58. The molecule has 310 valence electrons. The molecule has 0 unspecified atom stereocenters. The molecule has 15 nitrogen and oxygen atoms in total. The van der Waals surface area contributed by atoms with Gasteiger partial charge >= 0.3 is 0 Å². The maximum absolute atomic E-state index is 14.2. The molecule has 4 aromatic rings. The van der Waals surface area contributed by atoms with Gasteiger partial charge in [0.2, 0.25) is 17.7 Å². The monoisotopic (exact) mass is 807 g/mol. The molecule has 59 heavy (non-hydrogen) atoms. The van der Waals surface area contributed by atoms with Crippen molar-refractivity contribution in [2.45, 2.75) is 62.9 Å². The molecule has 0 aromatic heterocycles. The molecule has 0 saturated carbocycles. The maximum Gasteiger partial charge on any atom is 0.251 e. The minimum absolute atomic E-state index is 0.115. The number of benzene rings is 4. The van der Waals surface area contributed by atoms with Gasteiger partial charge in [-0.25, -0.2) is 4.39 Å². The smallest absolute Gasteiger partial charge is 0.251 e. The third kappa shape index (κ3) is 12.8. The van der Waals surface area contributed by atoms with Crippen molar-refractivity contribution in [3.8, 4) is 5.75 Å². The minimum atomic E-state index is -1.31. The highest BCUT2D eigenvalue weighted by atomic mass is 19.1. The van der Waals surface area contributed by atoms with E-state index in [0.29, 0.717) is 55.0 Å². The fourth-order valence-corrected chi connectivity index (χ4v) is 6.32. The zero-order valence-corrected chi connectivity index (χ0v) is 32.5. The van der Waals surface area contributed by atoms with Crippen LogP contribution < -0.4 is 48.1 Å². The number of ether oxygens (including phenoxy) is 1. The first-order valence-electron chi connectivity index (χ1n) is 19.4. The van der Waals surface area contributed by atoms with Crippen molar-refractivity contribution >= 4 is 41.2 Å². The number of β-lactam (4-membered cyclic amide) rings is 1. The van der Waals surface area contributed by atoms with E-state index < -0.39 is 59.5 Å². The van der Waals surface area contributed by atoms with Gasteiger partial charge in [0.15, 0.2) is 5.96 Å². The Labute approximate surface area is 341 Å². The van der Waals surface area contributed by atoms with Crippen LogP contribution in [0.2, 0.25) is 0 Å². The highest BCUT2D eigenvalue weighted by Crippen LogP contribution is 2.25. The lowest BCUT2D eigenvalue weighted by Crippen LogP contribution is -2.65. The van der Waals surface area contributed by atoms with Crippen LogP contribution in [0.1, 0.15) is 59.6 Å². The number of hydrogen-bond acceptors (Lipinski definition) is 8. The summed E-state index contributed by atoms with van der Waals surface area (Å²) in [6, 6.07) is 25.5. The number of hydrogen-bond donors (Lipinski definition) is 7. The van der Waals surface area contributed by atoms with Gasteiger partial charge in [-0.2, -0.15) is 0 Å². The highest BCUT2D eigenvalue weighted by Gasteiger charge is 2.40. The maximum atomic E-state index is 14.2. The van der Waals surface area contributed by atoms with Crippen molar-refractivity contribution in [3.05, 3.63) is 132 Å². The van der Waals surface area contributed by atoms with Crippen LogP contribution in [-0.4, -0.2) is 73.3 Å². The number of nitrogens with two attached hydrogens (primary N) is 3. The Kier molecular flexibility index (Phi) is 15.9. The second kappa shape index (κ2) is 21.6. The van der Waals surface area contributed by atoms with E-state index in [1.807, 2.05) is 30.3 Å². The quantitative estimate of drug-likeness (QED) is 0.0283. The van der Waals surface area contributed by atoms with Crippen LogP contribution >= 0.6 is 0 Å². The number of guanidine groups is 1. The molecule has 0 bridgehead atoms. The Hall–Kier alpha value is -6.81. The summed E-state index contributed by atoms with van der Waals surface area (Å²) >= 11 is 0. The standard InChI is InChI=1S/C43H50FN9O6/c44-31-18-20-32(21-19-31)53-26-36(42(53)58)51-41(57)37(29-16-22-33(23-17-29)59-27-28-10-3-1-4-11-28)52-40(56)34(14-7-8-24-45)50-39(55)35(15-9-25-48-43(46)47)49-38(54)30-12-5-2-6-13-30/h1-6,10-13,16-23,34-37H,7-9,14-15,24-27,45H2,(H,49,54)(H,50,55)(H,51,57)(H,52,56)(H4,46,47,48)/t34-,35-,36-,37+/m0/s1. The summed E-state index contributed by atoms with van der Waals surface area (Å²) in [5.41, 5.74) is 18.8. The van der Waals surface area contributed by atoms with Crippen molar-refractivity contribution in [2.75, 3.05) is 24.5 Å². The zero-order chi connectivity index (χ0) is 42.1. The molecule has 5 rings (SSSR count). The molecule has 4 aromatic carbocycles. The van der Waals surface area contributed by atoms with E-state index in [2.05, 4.69) is 26.3 Å². The third-order valence-corrected chi connectivity index (χ3v) is 9.58. The van der Waals surface area contributed by atoms with Crippen molar-refractivity contribution in [3.63, 3.8) is 0 Å². The number of carbonyl (C=O) groups is 5. The number of aliphatic imine (C=N–C) groups is 1. The molecule has 5 amide bonds. The van der Waals surface area contributed by atoms with Crippen molar-refractivity contribution in [1.29, 1.82) is 0 Å². The van der Waals surface area contributed by atoms with Crippen LogP contribution in [0.5, 0.6) is 5.75 Å². The number of halogens is 1. The van der Waals surface area contributed by atoms with E-state index in [-0.39, 0.29) is 31.9 Å². The Balaban J connectivity index is 1.34. The Morgan fingerprint density at radius 2 is 1.39 bits per heavy atom. The number of amides is 5. The number of nitrogens with zero attached hydrogens (tertiary/aromatic N) is 2. The Morgan fingerprint density at radius 1 is 0.763 bits per heavy atom. The van der Waals surface area contributed by atoms with E-state index in [9.17, 15) is 28.4 Å². The van der Waals surface area contributed by atoms with Gasteiger partial charge in [0.05, 0.1) is 6.54 Å². The second-order valence-electron chi connectivity index (χ2n) is 14.0. The van der Waals surface area contributed by atoms with Crippen LogP contribution in [-0.2, 0) is 25.8 Å². The van der Waals surface area contributed by atoms with Gasteiger partial charge in [-0.05, 0) is 98.3 Å². The fourth-order valence-electron chi connectivity index (χ4n) is 6.32. The van der Waals surface area contributed by atoms with Crippen molar-refractivity contribution < 1.29 is 33.1 Å². The lowest BCUT2D eigenvalue weighted by atomic mass is 10.0. The predicted molar refractivity (Wildman–Crippen MR) is 221 cm³/mol. The van der Waals surface area contributed by atoms with Crippen LogP contribution in [0.25, 0.3) is 0 Å². The number of unbranched alkanes of at least 4 members (excludes halogenated alkanes) is 1. The lowest BCUT2D eigenvalue weighted by Gasteiger charge is -2.39. The number of nitrogens with one attached hydrogen (secondary N) is 4. The van der Waals surface area contributed by atoms with Crippen LogP contribution in [0, 0.1) is 5.82 Å². The summed E-state index contributed by atoms with van der Waals surface area (Å²) < 4.78 is 19.4. The Morgan fingerprint density at radius 3 is 2.03 bits per heavy atom. The average Bonchev–Trinajstić information content (AvgIpc) is 3.25. The van der Waals surface area contributed by atoms with Gasteiger partial charge in [0.1, 0.15) is 42.3 Å². The molecule has 1 aliphatic rings. The summed E-state index contributed by atoms with van der Waals surface area (Å²) in [6.45, 7) is 0.976. The van der Waals surface area contributed by atoms with Gasteiger partial charge < -0.3 is 48.1 Å². The van der Waals surface area contributed by atoms with E-state index in [4.69, 9.17) is 21.9 Å². The molecule has 1 fully saturated rings. The van der Waals surface area contributed by atoms with Gasteiger partial charge in [0.25, 0.3) is 11.8 Å². The largest absolute Gasteiger partial charge is 0.489 e. The number of anilines is 1. The van der Waals surface area contributed by atoms with Crippen LogP contribution in [0.4, 0.5) is 10.1 Å². The van der Waals surface area contributed by atoms with Gasteiger partial charge in [0, 0.05) is 17.8 Å². The first kappa shape index (κ1) is 43.3. The summed E-state index contributed by atoms with van der Waals surface area (Å²) in [5.74, 6) is -2.93. The predicted octanol–water partition coefficient (Wildman–Crippen LogP) is 2.56. The van der Waals surface area contributed by atoms with Crippen LogP contribution in [0.15, 0.2) is 114 Å². The molecule has 0 spiro atoms. The molecular formula is C43H50FN9O6. The summed E-state index contributed by atoms with van der Waals surface area (Å²) in [4.78, 5) is 73.8. The SMILES string of the molecule is NCCCC[C@H](NC(=O)[C@H](CCCN=C(N)N)NC(=O)c1ccccc1)C(=O)N[C@@H](C(=O)N[C@H]1CN(c2ccc(F)cc2)C1=O)c1ccc(OCc2ccccc2)cc1. The Bertz CT molecular complexity index is 2050. The van der Waals surface area contributed by atoms with Gasteiger partial charge in [-0.3, -0.25) is 29.0 Å². The summed E-state index contributed by atoms with van der Waals surface area (Å²) in [5, 5.41) is 11.1. The summed E-state index contributed by atoms with van der Waals surface area (Å²) in [7, 11) is 0. The second-order valence-corrected chi connectivity index (χ2v) is 14.0. The van der Waals surface area contributed by atoms with Gasteiger partial charge in [-0.1, -0.05) is 60.7 Å². The minimum Gasteiger partial charge on any atom is -0.489 e. The average molecular weight is 808 g/mol. The molecule has 0 radical (unpaired) electrons.